The summed E-state index contributed by atoms with van der Waals surface area (Å²) in [5, 5.41) is 10.2. The van der Waals surface area contributed by atoms with Gasteiger partial charge in [0.05, 0.1) is 6.42 Å². The molecule has 0 bridgehead atoms. The summed E-state index contributed by atoms with van der Waals surface area (Å²) in [7, 11) is 1.50. The highest BCUT2D eigenvalue weighted by molar-refractivity contribution is 7.12. The quantitative estimate of drug-likeness (QED) is 0.897. The molecule has 0 amide bonds. The van der Waals surface area contributed by atoms with Gasteiger partial charge in [0.15, 0.2) is 0 Å². The maximum atomic E-state index is 11.9. The minimum Gasteiger partial charge on any atom is -0.477 e. The third-order valence-corrected chi connectivity index (χ3v) is 2.87. The Morgan fingerprint density at radius 1 is 1.56 bits per heavy atom. The smallest absolute Gasteiger partial charge is 0.390 e. The molecule has 1 aromatic heterocycles. The molecule has 0 aliphatic rings. The Labute approximate surface area is 94.1 Å². The molecule has 0 aliphatic heterocycles. The molecule has 7 heteroatoms. The number of nitrogens with zero attached hydrogens (tertiary/aromatic N) is 1. The zero-order valence-electron chi connectivity index (χ0n) is 8.41. The van der Waals surface area contributed by atoms with Gasteiger partial charge in [-0.15, -0.1) is 11.3 Å². The third kappa shape index (κ3) is 3.73. The normalized spacial score (nSPS) is 11.5. The Bertz CT molecular complexity index is 375. The first-order chi connectivity index (χ1) is 7.29. The standard InChI is InChI=1S/C9H10F3NO2S/c1-13(3-2-9(10,11)12)6-4-7(8(14)15)16-5-6/h4-5H,2-3H2,1H3,(H,14,15). The average Bonchev–Trinajstić information content (AvgIpc) is 2.61. The van der Waals surface area contributed by atoms with Gasteiger partial charge in [-0.2, -0.15) is 13.2 Å². The summed E-state index contributed by atoms with van der Waals surface area (Å²) in [6.07, 6.45) is -5.11. The zero-order valence-corrected chi connectivity index (χ0v) is 9.23. The second kappa shape index (κ2) is 4.73. The van der Waals surface area contributed by atoms with Gasteiger partial charge in [-0.3, -0.25) is 0 Å². The Balaban J connectivity index is 2.59. The lowest BCUT2D eigenvalue weighted by Gasteiger charge is -2.18. The number of anilines is 1. The summed E-state index contributed by atoms with van der Waals surface area (Å²) in [5.41, 5.74) is 0.492. The Morgan fingerprint density at radius 2 is 2.19 bits per heavy atom. The Hall–Kier alpha value is -1.24. The van der Waals surface area contributed by atoms with Gasteiger partial charge in [-0.25, -0.2) is 4.79 Å². The summed E-state index contributed by atoms with van der Waals surface area (Å²) in [6, 6.07) is 1.36. The summed E-state index contributed by atoms with van der Waals surface area (Å²) < 4.78 is 35.8. The van der Waals surface area contributed by atoms with E-state index >= 15 is 0 Å². The van der Waals surface area contributed by atoms with E-state index in [9.17, 15) is 18.0 Å². The number of carboxylic acids is 1. The van der Waals surface area contributed by atoms with Crippen LogP contribution >= 0.6 is 11.3 Å². The summed E-state index contributed by atoms with van der Waals surface area (Å²) in [4.78, 5) is 12.1. The van der Waals surface area contributed by atoms with Gasteiger partial charge < -0.3 is 10.0 Å². The van der Waals surface area contributed by atoms with Crippen molar-refractivity contribution in [3.8, 4) is 0 Å². The maximum absolute atomic E-state index is 11.9. The second-order valence-electron chi connectivity index (χ2n) is 3.26. The van der Waals surface area contributed by atoms with Crippen LogP contribution in [0.4, 0.5) is 18.9 Å². The van der Waals surface area contributed by atoms with Gasteiger partial charge >= 0.3 is 12.1 Å². The fraction of sp³-hybridized carbons (Fsp3) is 0.444. The molecule has 0 saturated heterocycles. The molecule has 16 heavy (non-hydrogen) atoms. The van der Waals surface area contributed by atoms with Crippen LogP contribution in [0.25, 0.3) is 0 Å². The number of aromatic carboxylic acids is 1. The molecule has 1 aromatic rings. The van der Waals surface area contributed by atoms with Gasteiger partial charge in [-0.1, -0.05) is 0 Å². The van der Waals surface area contributed by atoms with E-state index in [0.29, 0.717) is 5.69 Å². The van der Waals surface area contributed by atoms with E-state index in [1.165, 1.54) is 23.4 Å². The number of halogens is 3. The number of thiophene rings is 1. The van der Waals surface area contributed by atoms with Gasteiger partial charge in [0.2, 0.25) is 0 Å². The zero-order chi connectivity index (χ0) is 12.3. The molecule has 0 spiro atoms. The fourth-order valence-corrected chi connectivity index (χ4v) is 1.85. The van der Waals surface area contributed by atoms with E-state index in [-0.39, 0.29) is 11.4 Å². The van der Waals surface area contributed by atoms with Crippen molar-refractivity contribution in [2.24, 2.45) is 0 Å². The van der Waals surface area contributed by atoms with Crippen LogP contribution in [0.2, 0.25) is 0 Å². The highest BCUT2D eigenvalue weighted by atomic mass is 32.1. The van der Waals surface area contributed by atoms with Crippen LogP contribution in [0.3, 0.4) is 0 Å². The Morgan fingerprint density at radius 3 is 2.62 bits per heavy atom. The molecule has 0 unspecified atom stereocenters. The van der Waals surface area contributed by atoms with Crippen LogP contribution in [-0.2, 0) is 0 Å². The number of carbonyl (C=O) groups is 1. The minimum absolute atomic E-state index is 0.119. The molecular weight excluding hydrogens is 243 g/mol. The van der Waals surface area contributed by atoms with E-state index in [1.54, 1.807) is 0 Å². The number of alkyl halides is 3. The first-order valence-corrected chi connectivity index (χ1v) is 5.27. The van der Waals surface area contributed by atoms with E-state index in [0.717, 1.165) is 11.3 Å². The topological polar surface area (TPSA) is 40.5 Å². The summed E-state index contributed by atoms with van der Waals surface area (Å²) >= 11 is 0.997. The van der Waals surface area contributed by atoms with Crippen molar-refractivity contribution in [2.75, 3.05) is 18.5 Å². The first kappa shape index (κ1) is 12.8. The van der Waals surface area contributed by atoms with Crippen LogP contribution in [0.5, 0.6) is 0 Å². The van der Waals surface area contributed by atoms with E-state index < -0.39 is 18.6 Å². The molecule has 1 heterocycles. The molecule has 1 N–H and O–H groups in total. The number of hydrogen-bond donors (Lipinski definition) is 1. The van der Waals surface area contributed by atoms with Crippen molar-refractivity contribution < 1.29 is 23.1 Å². The largest absolute Gasteiger partial charge is 0.477 e. The van der Waals surface area contributed by atoms with Crippen molar-refractivity contribution in [1.82, 2.24) is 0 Å². The fourth-order valence-electron chi connectivity index (χ4n) is 1.06. The Kier molecular flexibility index (Phi) is 3.79. The molecule has 0 aromatic carbocycles. The summed E-state index contributed by atoms with van der Waals surface area (Å²) in [5.74, 6) is -1.07. The van der Waals surface area contributed by atoms with Gasteiger partial charge in [0, 0.05) is 24.7 Å². The van der Waals surface area contributed by atoms with Crippen molar-refractivity contribution in [1.29, 1.82) is 0 Å². The predicted molar refractivity (Wildman–Crippen MR) is 55.2 cm³/mol. The average molecular weight is 253 g/mol. The molecule has 0 fully saturated rings. The van der Waals surface area contributed by atoms with Crippen LogP contribution < -0.4 is 4.90 Å². The molecule has 3 nitrogen and oxygen atoms in total. The number of carboxylic acid groups (broad SMARTS) is 1. The first-order valence-electron chi connectivity index (χ1n) is 4.39. The minimum atomic E-state index is -4.19. The lowest BCUT2D eigenvalue weighted by Crippen LogP contribution is -2.23. The molecule has 0 radical (unpaired) electrons. The second-order valence-corrected chi connectivity index (χ2v) is 4.17. The lowest BCUT2D eigenvalue weighted by atomic mass is 10.3. The SMILES string of the molecule is CN(CCC(F)(F)F)c1csc(C(=O)O)c1. The van der Waals surface area contributed by atoms with Crippen LogP contribution in [0.1, 0.15) is 16.1 Å². The van der Waals surface area contributed by atoms with E-state index in [2.05, 4.69) is 0 Å². The highest BCUT2D eigenvalue weighted by Gasteiger charge is 2.27. The number of rotatable bonds is 4. The molecule has 0 saturated carbocycles. The van der Waals surface area contributed by atoms with Crippen molar-refractivity contribution in [3.63, 3.8) is 0 Å². The van der Waals surface area contributed by atoms with Crippen LogP contribution in [0, 0.1) is 0 Å². The van der Waals surface area contributed by atoms with E-state index in [4.69, 9.17) is 5.11 Å². The van der Waals surface area contributed by atoms with Crippen LogP contribution in [0.15, 0.2) is 11.4 Å². The molecule has 1 rings (SSSR count). The molecule has 0 aliphatic carbocycles. The maximum Gasteiger partial charge on any atom is 0.390 e. The molecular formula is C9H10F3NO2S. The van der Waals surface area contributed by atoms with Crippen LogP contribution in [-0.4, -0.2) is 30.8 Å². The third-order valence-electron chi connectivity index (χ3n) is 1.97. The number of hydrogen-bond acceptors (Lipinski definition) is 3. The van der Waals surface area contributed by atoms with Crippen molar-refractivity contribution in [2.45, 2.75) is 12.6 Å². The highest BCUT2D eigenvalue weighted by Crippen LogP contribution is 2.25. The van der Waals surface area contributed by atoms with E-state index in [1.807, 2.05) is 0 Å². The molecule has 90 valence electrons. The van der Waals surface area contributed by atoms with Gasteiger partial charge in [0.25, 0.3) is 0 Å². The van der Waals surface area contributed by atoms with Gasteiger partial charge in [-0.05, 0) is 6.07 Å². The summed E-state index contributed by atoms with van der Waals surface area (Å²) in [6.45, 7) is -0.181. The monoisotopic (exact) mass is 253 g/mol. The van der Waals surface area contributed by atoms with Crippen molar-refractivity contribution in [3.05, 3.63) is 16.3 Å². The van der Waals surface area contributed by atoms with Gasteiger partial charge in [0.1, 0.15) is 4.88 Å². The molecule has 0 atom stereocenters. The lowest BCUT2D eigenvalue weighted by molar-refractivity contribution is -0.132. The van der Waals surface area contributed by atoms with Crippen molar-refractivity contribution >= 4 is 23.0 Å². The predicted octanol–water partition coefficient (Wildman–Crippen LogP) is 2.83.